The van der Waals surface area contributed by atoms with E-state index in [4.69, 9.17) is 15.2 Å². The largest absolute Gasteiger partial charge is 0.493 e. The highest BCUT2D eigenvalue weighted by molar-refractivity contribution is 5.85. The molecule has 0 heterocycles. The van der Waals surface area contributed by atoms with E-state index in [0.717, 1.165) is 0 Å². The van der Waals surface area contributed by atoms with Crippen molar-refractivity contribution in [3.63, 3.8) is 0 Å². The van der Waals surface area contributed by atoms with Gasteiger partial charge in [0.15, 0.2) is 11.5 Å². The molecule has 24 heavy (non-hydrogen) atoms. The zero-order chi connectivity index (χ0) is 17.4. The first-order chi connectivity index (χ1) is 10.9. The Balaban J connectivity index is 0.00000529. The van der Waals surface area contributed by atoms with Crippen LogP contribution in [-0.4, -0.2) is 51.3 Å². The summed E-state index contributed by atoms with van der Waals surface area (Å²) in [6.45, 7) is -2.47. The first-order valence-corrected chi connectivity index (χ1v) is 6.99. The molecule has 1 unspecified atom stereocenters. The molecule has 6 nitrogen and oxygen atoms in total. The maximum absolute atomic E-state index is 12.4. The number of carbonyl (C=O) groups excluding carboxylic acids is 1. The molecule has 0 aliphatic rings. The third-order valence-corrected chi connectivity index (χ3v) is 3.29. The number of rotatable bonds is 9. The maximum Gasteiger partial charge on any atom is 0.387 e. The van der Waals surface area contributed by atoms with Crippen molar-refractivity contribution in [3.05, 3.63) is 23.8 Å². The Kier molecular flexibility index (Phi) is 10.3. The summed E-state index contributed by atoms with van der Waals surface area (Å²) in [6.07, 6.45) is -0.196. The molecule has 1 aromatic rings. The molecule has 0 aliphatic carbocycles. The van der Waals surface area contributed by atoms with Crippen LogP contribution >= 0.6 is 12.4 Å². The van der Waals surface area contributed by atoms with Crippen LogP contribution in [-0.2, 0) is 16.1 Å². The Morgan fingerprint density at radius 1 is 1.29 bits per heavy atom. The van der Waals surface area contributed by atoms with Crippen molar-refractivity contribution in [1.82, 2.24) is 4.90 Å². The third-order valence-electron chi connectivity index (χ3n) is 3.29. The van der Waals surface area contributed by atoms with Gasteiger partial charge in [0.05, 0.1) is 19.6 Å². The Morgan fingerprint density at radius 2 is 1.96 bits per heavy atom. The molecule has 9 heteroatoms. The van der Waals surface area contributed by atoms with Gasteiger partial charge < -0.3 is 24.8 Å². The lowest BCUT2D eigenvalue weighted by Crippen LogP contribution is -2.33. The number of alkyl halides is 2. The van der Waals surface area contributed by atoms with Crippen molar-refractivity contribution in [2.24, 2.45) is 5.73 Å². The molecule has 0 saturated heterocycles. The van der Waals surface area contributed by atoms with Crippen molar-refractivity contribution in [3.8, 4) is 11.5 Å². The molecule has 0 fully saturated rings. The molecule has 0 saturated carbocycles. The highest BCUT2D eigenvalue weighted by atomic mass is 35.5. The van der Waals surface area contributed by atoms with Gasteiger partial charge in [0.25, 0.3) is 0 Å². The Bertz CT molecular complexity index is 516. The number of halogens is 3. The molecule has 0 aliphatic heterocycles. The number of amides is 1. The molecule has 1 rings (SSSR count). The van der Waals surface area contributed by atoms with E-state index < -0.39 is 6.61 Å². The van der Waals surface area contributed by atoms with E-state index in [1.165, 1.54) is 31.3 Å². The van der Waals surface area contributed by atoms with Crippen LogP contribution in [0.2, 0.25) is 0 Å². The van der Waals surface area contributed by atoms with E-state index in [9.17, 15) is 13.6 Å². The molecule has 0 radical (unpaired) electrons. The highest BCUT2D eigenvalue weighted by Gasteiger charge is 2.17. The highest BCUT2D eigenvalue weighted by Crippen LogP contribution is 2.29. The van der Waals surface area contributed by atoms with Crippen LogP contribution in [0.5, 0.6) is 11.5 Å². The summed E-state index contributed by atoms with van der Waals surface area (Å²) in [7, 11) is 4.46. The Labute approximate surface area is 146 Å². The number of hydrogen-bond donors (Lipinski definition) is 1. The predicted octanol–water partition coefficient (Wildman–Crippen LogP) is 2.04. The van der Waals surface area contributed by atoms with Crippen molar-refractivity contribution >= 4 is 18.3 Å². The van der Waals surface area contributed by atoms with Crippen molar-refractivity contribution in [2.75, 3.05) is 27.8 Å². The fraction of sp³-hybridized carbons (Fsp3) is 0.533. The van der Waals surface area contributed by atoms with E-state index >= 15 is 0 Å². The van der Waals surface area contributed by atoms with Crippen LogP contribution in [0.3, 0.4) is 0 Å². The first-order valence-electron chi connectivity index (χ1n) is 6.99. The fourth-order valence-electron chi connectivity index (χ4n) is 1.98. The SMILES string of the molecule is COc1ccc(CN(C)C(=O)CC(CN)OC)cc1OC(F)F.Cl. The molecule has 0 bridgehead atoms. The monoisotopic (exact) mass is 368 g/mol. The lowest BCUT2D eigenvalue weighted by atomic mass is 10.1. The predicted molar refractivity (Wildman–Crippen MR) is 87.8 cm³/mol. The summed E-state index contributed by atoms with van der Waals surface area (Å²) in [5.41, 5.74) is 6.12. The number of carbonyl (C=O) groups is 1. The molecular weight excluding hydrogens is 346 g/mol. The number of hydrogen-bond acceptors (Lipinski definition) is 5. The molecule has 2 N–H and O–H groups in total. The number of nitrogens with zero attached hydrogens (tertiary/aromatic N) is 1. The van der Waals surface area contributed by atoms with E-state index in [2.05, 4.69) is 4.74 Å². The zero-order valence-electron chi connectivity index (χ0n) is 13.8. The fourth-order valence-corrected chi connectivity index (χ4v) is 1.98. The van der Waals surface area contributed by atoms with Gasteiger partial charge in [-0.05, 0) is 17.7 Å². The van der Waals surface area contributed by atoms with Gasteiger partial charge in [-0.1, -0.05) is 6.07 Å². The average Bonchev–Trinajstić information content (AvgIpc) is 2.52. The normalized spacial score (nSPS) is 11.6. The lowest BCUT2D eigenvalue weighted by molar-refractivity contribution is -0.132. The van der Waals surface area contributed by atoms with Crippen LogP contribution in [0.15, 0.2) is 18.2 Å². The number of ether oxygens (including phenoxy) is 3. The summed E-state index contributed by atoms with van der Waals surface area (Å²) in [6, 6.07) is 4.62. The summed E-state index contributed by atoms with van der Waals surface area (Å²) < 4.78 is 39.3. The molecule has 138 valence electrons. The van der Waals surface area contributed by atoms with Gasteiger partial charge in [0.1, 0.15) is 0 Å². The second-order valence-corrected chi connectivity index (χ2v) is 4.91. The van der Waals surface area contributed by atoms with Gasteiger partial charge in [-0.25, -0.2) is 0 Å². The number of benzene rings is 1. The summed E-state index contributed by atoms with van der Waals surface area (Å²) in [5, 5.41) is 0. The molecule has 0 aromatic heterocycles. The molecule has 1 aromatic carbocycles. The molecular formula is C15H23ClF2N2O4. The standard InChI is InChI=1S/C15H22F2N2O4.ClH/c1-19(14(20)7-11(8-18)21-2)9-10-4-5-12(22-3)13(6-10)23-15(16)17;/h4-6,11,15H,7-9,18H2,1-3H3;1H. The minimum absolute atomic E-state index is 0. The van der Waals surface area contributed by atoms with E-state index in [1.807, 2.05) is 0 Å². The molecule has 1 atom stereocenters. The number of nitrogens with two attached hydrogens (primary N) is 1. The van der Waals surface area contributed by atoms with Crippen LogP contribution in [0.25, 0.3) is 0 Å². The topological polar surface area (TPSA) is 74.0 Å². The number of methoxy groups -OCH3 is 2. The average molecular weight is 369 g/mol. The zero-order valence-corrected chi connectivity index (χ0v) is 14.6. The van der Waals surface area contributed by atoms with E-state index in [-0.39, 0.29) is 55.4 Å². The summed E-state index contributed by atoms with van der Waals surface area (Å²) in [4.78, 5) is 13.5. The first kappa shape index (κ1) is 22.4. The van der Waals surface area contributed by atoms with Crippen molar-refractivity contribution in [2.45, 2.75) is 25.7 Å². The third kappa shape index (κ3) is 6.86. The van der Waals surface area contributed by atoms with Crippen molar-refractivity contribution < 1.29 is 27.8 Å². The van der Waals surface area contributed by atoms with E-state index in [1.54, 1.807) is 13.1 Å². The van der Waals surface area contributed by atoms with E-state index in [0.29, 0.717) is 5.56 Å². The Hall–Kier alpha value is -1.64. The van der Waals surface area contributed by atoms with Crippen LogP contribution in [0.4, 0.5) is 8.78 Å². The molecule has 0 spiro atoms. The second-order valence-electron chi connectivity index (χ2n) is 4.91. The van der Waals surface area contributed by atoms with Gasteiger partial charge in [-0.2, -0.15) is 8.78 Å². The second kappa shape index (κ2) is 11.0. The lowest BCUT2D eigenvalue weighted by Gasteiger charge is -2.21. The summed E-state index contributed by atoms with van der Waals surface area (Å²) in [5.74, 6) is -0.0300. The van der Waals surface area contributed by atoms with Crippen LogP contribution < -0.4 is 15.2 Å². The maximum atomic E-state index is 12.4. The van der Waals surface area contributed by atoms with Crippen molar-refractivity contribution in [1.29, 1.82) is 0 Å². The van der Waals surface area contributed by atoms with Crippen LogP contribution in [0.1, 0.15) is 12.0 Å². The minimum Gasteiger partial charge on any atom is -0.493 e. The molecule has 1 amide bonds. The smallest absolute Gasteiger partial charge is 0.387 e. The van der Waals surface area contributed by atoms with Gasteiger partial charge in [0.2, 0.25) is 5.91 Å². The minimum atomic E-state index is -2.95. The van der Waals surface area contributed by atoms with Crippen LogP contribution in [0, 0.1) is 0 Å². The quantitative estimate of drug-likeness (QED) is 0.722. The van der Waals surface area contributed by atoms with Gasteiger partial charge >= 0.3 is 6.61 Å². The Morgan fingerprint density at radius 3 is 2.46 bits per heavy atom. The van der Waals surface area contributed by atoms with Gasteiger partial charge in [-0.3, -0.25) is 4.79 Å². The summed E-state index contributed by atoms with van der Waals surface area (Å²) >= 11 is 0. The van der Waals surface area contributed by atoms with Gasteiger partial charge in [-0.15, -0.1) is 12.4 Å². The van der Waals surface area contributed by atoms with Gasteiger partial charge in [0, 0.05) is 27.2 Å².